The number of hydrogen-bond donors (Lipinski definition) is 3. The summed E-state index contributed by atoms with van der Waals surface area (Å²) in [5, 5.41) is 7.63. The molecule has 8 heteroatoms. The molecule has 0 bridgehead atoms. The molecule has 1 aromatic rings. The molecule has 0 heterocycles. The van der Waals surface area contributed by atoms with Crippen molar-refractivity contribution < 1.29 is 14.4 Å². The fourth-order valence-electron chi connectivity index (χ4n) is 1.83. The molecule has 0 fully saturated rings. The molecule has 0 saturated carbocycles. The number of rotatable bonds is 7. The average molecular weight is 399 g/mol. The minimum atomic E-state index is -0.527. The van der Waals surface area contributed by atoms with Gasteiger partial charge in [-0.3, -0.25) is 19.8 Å². The summed E-state index contributed by atoms with van der Waals surface area (Å²) in [6.45, 7) is 3.76. The number of amides is 4. The van der Waals surface area contributed by atoms with Gasteiger partial charge in [-0.2, -0.15) is 0 Å². The van der Waals surface area contributed by atoms with Crippen LogP contribution in [-0.2, 0) is 9.59 Å². The van der Waals surface area contributed by atoms with Gasteiger partial charge in [0.25, 0.3) is 0 Å². The summed E-state index contributed by atoms with van der Waals surface area (Å²) in [4.78, 5) is 36.8. The summed E-state index contributed by atoms with van der Waals surface area (Å²) in [6.07, 6.45) is 0.775. The van der Waals surface area contributed by atoms with Gasteiger partial charge in [0.1, 0.15) is 0 Å². The lowest BCUT2D eigenvalue weighted by atomic mass is 10.3. The lowest BCUT2D eigenvalue weighted by molar-refractivity contribution is -0.122. The molecule has 0 aliphatic carbocycles. The van der Waals surface area contributed by atoms with Gasteiger partial charge in [0.05, 0.1) is 18.8 Å². The summed E-state index contributed by atoms with van der Waals surface area (Å²) in [6, 6.07) is 6.72. The molecule has 1 aromatic carbocycles. The molecule has 0 aliphatic rings. The third-order valence-electron chi connectivity index (χ3n) is 3.22. The average Bonchev–Trinajstić information content (AvgIpc) is 2.48. The Bertz CT molecular complexity index is 594. The number of anilines is 1. The van der Waals surface area contributed by atoms with Crippen LogP contribution in [0.5, 0.6) is 0 Å². The number of para-hydroxylation sites is 1. The van der Waals surface area contributed by atoms with E-state index in [2.05, 4.69) is 31.9 Å². The van der Waals surface area contributed by atoms with E-state index in [-0.39, 0.29) is 25.0 Å². The number of imide groups is 1. The Labute approximate surface area is 150 Å². The zero-order valence-corrected chi connectivity index (χ0v) is 15.6. The normalized spacial score (nSPS) is 11.7. The maximum Gasteiger partial charge on any atom is 0.321 e. The van der Waals surface area contributed by atoms with Gasteiger partial charge in [0, 0.05) is 10.5 Å². The molecule has 0 aromatic heterocycles. The van der Waals surface area contributed by atoms with E-state index < -0.39 is 11.9 Å². The standard InChI is InChI=1S/C16H23BrN4O3/c1-4-11(2)18-16(24)20-15(23)10-21(3)9-14(22)19-13-8-6-5-7-12(13)17/h5-8,11H,4,9-10H2,1-3H3,(H,19,22)(H2,18,20,23,24)/t11-/m0/s1. The van der Waals surface area contributed by atoms with Crippen molar-refractivity contribution in [3.8, 4) is 0 Å². The van der Waals surface area contributed by atoms with E-state index in [0.29, 0.717) is 5.69 Å². The lowest BCUT2D eigenvalue weighted by Gasteiger charge is -2.17. The number of carbonyl (C=O) groups excluding carboxylic acids is 3. The van der Waals surface area contributed by atoms with Crippen LogP contribution in [-0.4, -0.2) is 48.9 Å². The van der Waals surface area contributed by atoms with E-state index in [4.69, 9.17) is 0 Å². The Morgan fingerprint density at radius 2 is 1.79 bits per heavy atom. The van der Waals surface area contributed by atoms with Crippen molar-refractivity contribution in [2.24, 2.45) is 0 Å². The Kier molecular flexibility index (Phi) is 8.42. The van der Waals surface area contributed by atoms with Crippen molar-refractivity contribution in [3.63, 3.8) is 0 Å². The predicted molar refractivity (Wildman–Crippen MR) is 96.7 cm³/mol. The molecule has 7 nitrogen and oxygen atoms in total. The second kappa shape index (κ2) is 10.0. The molecule has 0 saturated heterocycles. The first-order valence-electron chi connectivity index (χ1n) is 7.65. The number of hydrogen-bond acceptors (Lipinski definition) is 4. The number of halogens is 1. The zero-order chi connectivity index (χ0) is 18.1. The fourth-order valence-corrected chi connectivity index (χ4v) is 2.21. The predicted octanol–water partition coefficient (Wildman–Crippen LogP) is 1.94. The van der Waals surface area contributed by atoms with Crippen molar-refractivity contribution in [2.45, 2.75) is 26.3 Å². The van der Waals surface area contributed by atoms with Gasteiger partial charge >= 0.3 is 6.03 Å². The van der Waals surface area contributed by atoms with Crippen LogP contribution in [0, 0.1) is 0 Å². The number of urea groups is 1. The molecule has 0 spiro atoms. The van der Waals surface area contributed by atoms with Gasteiger partial charge in [-0.1, -0.05) is 19.1 Å². The fraction of sp³-hybridized carbons (Fsp3) is 0.438. The second-order valence-corrected chi connectivity index (χ2v) is 6.39. The Hall–Kier alpha value is -1.93. The van der Waals surface area contributed by atoms with Crippen LogP contribution in [0.25, 0.3) is 0 Å². The van der Waals surface area contributed by atoms with Gasteiger partial charge < -0.3 is 10.6 Å². The van der Waals surface area contributed by atoms with Crippen LogP contribution in [0.4, 0.5) is 10.5 Å². The summed E-state index contributed by atoms with van der Waals surface area (Å²) in [5.74, 6) is -0.715. The van der Waals surface area contributed by atoms with E-state index >= 15 is 0 Å². The SMILES string of the molecule is CC[C@H](C)NC(=O)NC(=O)CN(C)CC(=O)Nc1ccccc1Br. The number of carbonyl (C=O) groups is 3. The third-order valence-corrected chi connectivity index (χ3v) is 3.91. The van der Waals surface area contributed by atoms with Crippen LogP contribution >= 0.6 is 15.9 Å². The topological polar surface area (TPSA) is 90.5 Å². The summed E-state index contributed by atoms with van der Waals surface area (Å²) < 4.78 is 0.778. The van der Waals surface area contributed by atoms with Crippen molar-refractivity contribution >= 4 is 39.5 Å². The molecule has 1 rings (SSSR count). The monoisotopic (exact) mass is 398 g/mol. The molecule has 132 valence electrons. The minimum absolute atomic E-state index is 0.00868. The number of nitrogens with zero attached hydrogens (tertiary/aromatic N) is 1. The highest BCUT2D eigenvalue weighted by molar-refractivity contribution is 9.10. The Morgan fingerprint density at radius 1 is 1.17 bits per heavy atom. The van der Waals surface area contributed by atoms with Gasteiger partial charge in [-0.25, -0.2) is 4.79 Å². The highest BCUT2D eigenvalue weighted by atomic mass is 79.9. The van der Waals surface area contributed by atoms with E-state index in [9.17, 15) is 14.4 Å². The first-order chi connectivity index (χ1) is 11.3. The number of nitrogens with one attached hydrogen (secondary N) is 3. The lowest BCUT2D eigenvalue weighted by Crippen LogP contribution is -2.47. The van der Waals surface area contributed by atoms with Crippen LogP contribution in [0.2, 0.25) is 0 Å². The molecule has 4 amide bonds. The maximum atomic E-state index is 12.0. The smallest absolute Gasteiger partial charge is 0.321 e. The van der Waals surface area contributed by atoms with Crippen LogP contribution in [0.1, 0.15) is 20.3 Å². The van der Waals surface area contributed by atoms with E-state index in [0.717, 1.165) is 10.9 Å². The summed E-state index contributed by atoms with van der Waals surface area (Å²) in [7, 11) is 1.63. The second-order valence-electron chi connectivity index (χ2n) is 5.53. The molecular formula is C16H23BrN4O3. The van der Waals surface area contributed by atoms with Gasteiger partial charge in [0.2, 0.25) is 11.8 Å². The molecule has 0 aliphatic heterocycles. The largest absolute Gasteiger partial charge is 0.335 e. The number of likely N-dealkylation sites (N-methyl/N-ethyl adjacent to an activating group) is 1. The first-order valence-corrected chi connectivity index (χ1v) is 8.44. The molecule has 24 heavy (non-hydrogen) atoms. The Morgan fingerprint density at radius 3 is 2.42 bits per heavy atom. The first kappa shape index (κ1) is 20.1. The third kappa shape index (κ3) is 7.56. The highest BCUT2D eigenvalue weighted by Gasteiger charge is 2.14. The maximum absolute atomic E-state index is 12.0. The van der Waals surface area contributed by atoms with E-state index in [1.54, 1.807) is 13.1 Å². The Balaban J connectivity index is 2.38. The van der Waals surface area contributed by atoms with Crippen molar-refractivity contribution in [1.82, 2.24) is 15.5 Å². The summed E-state index contributed by atoms with van der Waals surface area (Å²) >= 11 is 3.35. The highest BCUT2D eigenvalue weighted by Crippen LogP contribution is 2.20. The number of benzene rings is 1. The van der Waals surface area contributed by atoms with Gasteiger partial charge in [-0.15, -0.1) is 0 Å². The van der Waals surface area contributed by atoms with Crippen molar-refractivity contribution in [2.75, 3.05) is 25.5 Å². The molecule has 1 atom stereocenters. The zero-order valence-electron chi connectivity index (χ0n) is 14.1. The minimum Gasteiger partial charge on any atom is -0.335 e. The van der Waals surface area contributed by atoms with E-state index in [1.807, 2.05) is 32.0 Å². The molecule has 0 radical (unpaired) electrons. The van der Waals surface area contributed by atoms with E-state index in [1.165, 1.54) is 4.90 Å². The quantitative estimate of drug-likeness (QED) is 0.654. The summed E-state index contributed by atoms with van der Waals surface area (Å²) in [5.41, 5.74) is 0.660. The van der Waals surface area contributed by atoms with Gasteiger partial charge in [-0.05, 0) is 48.5 Å². The van der Waals surface area contributed by atoms with Crippen LogP contribution in [0.15, 0.2) is 28.7 Å². The molecular weight excluding hydrogens is 376 g/mol. The van der Waals surface area contributed by atoms with Crippen LogP contribution in [0.3, 0.4) is 0 Å². The molecule has 3 N–H and O–H groups in total. The molecule has 0 unspecified atom stereocenters. The van der Waals surface area contributed by atoms with Gasteiger partial charge in [0.15, 0.2) is 0 Å². The van der Waals surface area contributed by atoms with Crippen molar-refractivity contribution in [3.05, 3.63) is 28.7 Å². The van der Waals surface area contributed by atoms with Crippen LogP contribution < -0.4 is 16.0 Å². The van der Waals surface area contributed by atoms with Crippen molar-refractivity contribution in [1.29, 1.82) is 0 Å².